The highest BCUT2D eigenvalue weighted by molar-refractivity contribution is 6.30. The highest BCUT2D eigenvalue weighted by Gasteiger charge is 2.28. The number of rotatable bonds is 8. The predicted molar refractivity (Wildman–Crippen MR) is 94.3 cm³/mol. The topological polar surface area (TPSA) is 49.4 Å². The molecular weight excluding hydrogens is 312 g/mol. The molecule has 1 rings (SSSR count). The molecule has 0 saturated carbocycles. The first kappa shape index (κ1) is 19.5. The molecule has 1 N–H and O–H groups in total. The van der Waals surface area contributed by atoms with Crippen molar-refractivity contribution in [1.29, 1.82) is 0 Å². The van der Waals surface area contributed by atoms with Gasteiger partial charge in [-0.25, -0.2) is 0 Å². The van der Waals surface area contributed by atoms with Crippen LogP contribution in [0.25, 0.3) is 0 Å². The minimum Gasteiger partial charge on any atom is -0.352 e. The fourth-order valence-corrected chi connectivity index (χ4v) is 2.48. The molecule has 128 valence electrons. The summed E-state index contributed by atoms with van der Waals surface area (Å²) in [5, 5.41) is 3.64. The fraction of sp³-hybridized carbons (Fsp3) is 0.556. The second kappa shape index (κ2) is 9.56. The summed E-state index contributed by atoms with van der Waals surface area (Å²) in [6.07, 6.45) is 1.82. The van der Waals surface area contributed by atoms with Crippen LogP contribution in [-0.2, 0) is 16.1 Å². The van der Waals surface area contributed by atoms with Gasteiger partial charge in [-0.15, -0.1) is 0 Å². The van der Waals surface area contributed by atoms with Gasteiger partial charge in [0.15, 0.2) is 0 Å². The summed E-state index contributed by atoms with van der Waals surface area (Å²) in [5.41, 5.74) is 0.964. The predicted octanol–water partition coefficient (Wildman–Crippen LogP) is 3.77. The van der Waals surface area contributed by atoms with Gasteiger partial charge >= 0.3 is 0 Å². The van der Waals surface area contributed by atoms with Crippen molar-refractivity contribution in [1.82, 2.24) is 10.2 Å². The molecule has 0 bridgehead atoms. The van der Waals surface area contributed by atoms with Crippen molar-refractivity contribution in [3.63, 3.8) is 0 Å². The summed E-state index contributed by atoms with van der Waals surface area (Å²) < 4.78 is 0. The second-order valence-electron chi connectivity index (χ2n) is 5.74. The highest BCUT2D eigenvalue weighted by atomic mass is 35.5. The zero-order valence-electron chi connectivity index (χ0n) is 14.4. The van der Waals surface area contributed by atoms with Gasteiger partial charge in [0.1, 0.15) is 6.04 Å². The largest absolute Gasteiger partial charge is 0.352 e. The number of hydrogen-bond donors (Lipinski definition) is 1. The first-order chi connectivity index (χ1) is 10.9. The fourth-order valence-electron chi connectivity index (χ4n) is 2.35. The monoisotopic (exact) mass is 338 g/mol. The molecule has 4 nitrogen and oxygen atoms in total. The molecule has 0 aliphatic carbocycles. The smallest absolute Gasteiger partial charge is 0.243 e. The lowest BCUT2D eigenvalue weighted by molar-refractivity contribution is -0.141. The SMILES string of the molecule is CCC(=O)N(Cc1ccc(Cl)cc1)[C@@H](CC)C(=O)N[C@H](C)CC. The number of carbonyl (C=O) groups is 2. The van der Waals surface area contributed by atoms with Gasteiger partial charge in [0.25, 0.3) is 0 Å². The molecule has 1 aromatic rings. The van der Waals surface area contributed by atoms with Gasteiger partial charge in [0, 0.05) is 24.0 Å². The summed E-state index contributed by atoms with van der Waals surface area (Å²) in [7, 11) is 0. The molecule has 0 spiro atoms. The Morgan fingerprint density at radius 2 is 1.74 bits per heavy atom. The third-order valence-electron chi connectivity index (χ3n) is 3.96. The van der Waals surface area contributed by atoms with Crippen LogP contribution < -0.4 is 5.32 Å². The van der Waals surface area contributed by atoms with Crippen LogP contribution in [0.5, 0.6) is 0 Å². The van der Waals surface area contributed by atoms with Gasteiger partial charge in [0.2, 0.25) is 11.8 Å². The van der Waals surface area contributed by atoms with E-state index in [-0.39, 0.29) is 17.9 Å². The molecule has 0 aliphatic heterocycles. The Morgan fingerprint density at radius 3 is 2.22 bits per heavy atom. The second-order valence-corrected chi connectivity index (χ2v) is 6.18. The number of hydrogen-bond acceptors (Lipinski definition) is 2. The van der Waals surface area contributed by atoms with Crippen molar-refractivity contribution in [2.75, 3.05) is 0 Å². The maximum atomic E-state index is 12.5. The molecule has 0 aromatic heterocycles. The first-order valence-corrected chi connectivity index (χ1v) is 8.64. The minimum absolute atomic E-state index is 0.0221. The van der Waals surface area contributed by atoms with Gasteiger partial charge in [0.05, 0.1) is 0 Å². The molecule has 0 aliphatic rings. The van der Waals surface area contributed by atoms with E-state index in [4.69, 9.17) is 11.6 Å². The van der Waals surface area contributed by atoms with Crippen LogP contribution in [0.15, 0.2) is 24.3 Å². The minimum atomic E-state index is -0.452. The number of halogens is 1. The van der Waals surface area contributed by atoms with Crippen LogP contribution in [0.3, 0.4) is 0 Å². The zero-order chi connectivity index (χ0) is 17.4. The number of carbonyl (C=O) groups excluding carboxylic acids is 2. The Labute approximate surface area is 144 Å². The Morgan fingerprint density at radius 1 is 1.13 bits per heavy atom. The molecule has 1 aromatic carbocycles. The van der Waals surface area contributed by atoms with Crippen LogP contribution in [0, 0.1) is 0 Å². The van der Waals surface area contributed by atoms with E-state index in [2.05, 4.69) is 5.32 Å². The first-order valence-electron chi connectivity index (χ1n) is 8.27. The Hall–Kier alpha value is -1.55. The van der Waals surface area contributed by atoms with Crippen LogP contribution in [0.1, 0.15) is 52.5 Å². The summed E-state index contributed by atoms with van der Waals surface area (Å²) in [5.74, 6) is -0.108. The lowest BCUT2D eigenvalue weighted by Crippen LogP contribution is -2.50. The van der Waals surface area contributed by atoms with Gasteiger partial charge in [-0.2, -0.15) is 0 Å². The lowest BCUT2D eigenvalue weighted by Gasteiger charge is -2.31. The average molecular weight is 339 g/mol. The Kier molecular flexibility index (Phi) is 8.10. The molecule has 0 unspecified atom stereocenters. The molecule has 23 heavy (non-hydrogen) atoms. The van der Waals surface area contributed by atoms with E-state index in [1.807, 2.05) is 39.8 Å². The van der Waals surface area contributed by atoms with Crippen molar-refractivity contribution in [2.24, 2.45) is 0 Å². The molecule has 0 radical (unpaired) electrons. The zero-order valence-corrected chi connectivity index (χ0v) is 15.2. The molecule has 0 fully saturated rings. The van der Waals surface area contributed by atoms with Crippen LogP contribution in [0.2, 0.25) is 5.02 Å². The number of nitrogens with zero attached hydrogens (tertiary/aromatic N) is 1. The van der Waals surface area contributed by atoms with E-state index in [1.165, 1.54) is 0 Å². The van der Waals surface area contributed by atoms with Crippen molar-refractivity contribution >= 4 is 23.4 Å². The van der Waals surface area contributed by atoms with E-state index in [9.17, 15) is 9.59 Å². The van der Waals surface area contributed by atoms with Crippen molar-refractivity contribution in [3.8, 4) is 0 Å². The van der Waals surface area contributed by atoms with E-state index in [0.29, 0.717) is 24.4 Å². The van der Waals surface area contributed by atoms with Crippen LogP contribution >= 0.6 is 11.6 Å². The molecule has 2 amide bonds. The quantitative estimate of drug-likeness (QED) is 0.784. The average Bonchev–Trinajstić information content (AvgIpc) is 2.55. The van der Waals surface area contributed by atoms with Crippen LogP contribution in [-0.4, -0.2) is 28.8 Å². The number of benzene rings is 1. The number of nitrogens with one attached hydrogen (secondary N) is 1. The molecule has 2 atom stereocenters. The molecule has 5 heteroatoms. The van der Waals surface area contributed by atoms with E-state index in [0.717, 1.165) is 12.0 Å². The normalized spacial score (nSPS) is 13.3. The van der Waals surface area contributed by atoms with Gasteiger partial charge < -0.3 is 10.2 Å². The summed E-state index contributed by atoms with van der Waals surface area (Å²) in [6, 6.07) is 7.02. The third-order valence-corrected chi connectivity index (χ3v) is 4.21. The van der Waals surface area contributed by atoms with E-state index < -0.39 is 6.04 Å². The third kappa shape index (κ3) is 5.87. The van der Waals surface area contributed by atoms with Gasteiger partial charge in [-0.3, -0.25) is 9.59 Å². The molecular formula is C18H27ClN2O2. The van der Waals surface area contributed by atoms with Crippen molar-refractivity contribution in [2.45, 2.75) is 65.6 Å². The molecule has 0 heterocycles. The van der Waals surface area contributed by atoms with Crippen LogP contribution in [0.4, 0.5) is 0 Å². The van der Waals surface area contributed by atoms with E-state index in [1.54, 1.807) is 17.0 Å². The Bertz CT molecular complexity index is 516. The van der Waals surface area contributed by atoms with Crippen molar-refractivity contribution < 1.29 is 9.59 Å². The van der Waals surface area contributed by atoms with Gasteiger partial charge in [-0.05, 0) is 37.5 Å². The van der Waals surface area contributed by atoms with Crippen molar-refractivity contribution in [3.05, 3.63) is 34.9 Å². The lowest BCUT2D eigenvalue weighted by atomic mass is 10.1. The van der Waals surface area contributed by atoms with Gasteiger partial charge in [-0.1, -0.05) is 44.5 Å². The Balaban J connectivity index is 2.95. The van der Waals surface area contributed by atoms with E-state index >= 15 is 0 Å². The summed E-state index contributed by atoms with van der Waals surface area (Å²) >= 11 is 5.91. The molecule has 0 saturated heterocycles. The highest BCUT2D eigenvalue weighted by Crippen LogP contribution is 2.16. The number of amides is 2. The maximum absolute atomic E-state index is 12.5. The maximum Gasteiger partial charge on any atom is 0.243 e. The summed E-state index contributed by atoms with van der Waals surface area (Å²) in [6.45, 7) is 8.15. The summed E-state index contributed by atoms with van der Waals surface area (Å²) in [4.78, 5) is 26.6. The standard InChI is InChI=1S/C18H27ClN2O2/c1-5-13(4)20-18(23)16(6-2)21(17(22)7-3)12-14-8-10-15(19)11-9-14/h8-11,13,16H,5-7,12H2,1-4H3,(H,20,23)/t13-,16+/m1/s1.